The summed E-state index contributed by atoms with van der Waals surface area (Å²) in [6.45, 7) is 0. The molecule has 0 saturated carbocycles. The number of hydrogen-bond donors (Lipinski definition) is 0. The molecule has 4 heteroatoms. The molecule has 0 fully saturated rings. The summed E-state index contributed by atoms with van der Waals surface area (Å²) in [5.74, 6) is 0. The van der Waals surface area contributed by atoms with Gasteiger partial charge in [-0.05, 0) is 0 Å². The van der Waals surface area contributed by atoms with Crippen LogP contribution in [0, 0.1) is 0 Å². The Hall–Kier alpha value is -1.64. The number of thiophene rings is 2. The quantitative estimate of drug-likeness (QED) is 0.261. The second kappa shape index (κ2) is 7.00. The van der Waals surface area contributed by atoms with Gasteiger partial charge in [0.2, 0.25) is 0 Å². The van der Waals surface area contributed by atoms with Crippen LogP contribution in [0.15, 0.2) is 84.9 Å². The van der Waals surface area contributed by atoms with Gasteiger partial charge in [0.05, 0.1) is 0 Å². The summed E-state index contributed by atoms with van der Waals surface area (Å²) < 4.78 is 8.91. The molecule has 0 saturated heterocycles. The molecule has 6 aromatic rings. The third-order valence-corrected chi connectivity index (χ3v) is 15.2. The molecule has 2 heterocycles. The molecule has 0 bridgehead atoms. The van der Waals surface area contributed by atoms with Gasteiger partial charge in [-0.2, -0.15) is 0 Å². The van der Waals surface area contributed by atoms with E-state index in [9.17, 15) is 0 Å². The van der Waals surface area contributed by atoms with E-state index < -0.39 is 0 Å². The molecule has 0 aliphatic carbocycles. The number of benzene rings is 4. The van der Waals surface area contributed by atoms with Crippen LogP contribution >= 0.6 is 22.7 Å². The predicted molar refractivity (Wildman–Crippen MR) is 129 cm³/mol. The van der Waals surface area contributed by atoms with Crippen LogP contribution in [-0.4, -0.2) is 26.3 Å². The average molecular weight is 524 g/mol. The third kappa shape index (κ3) is 2.76. The Kier molecular flexibility index (Phi) is 4.31. The topological polar surface area (TPSA) is 0 Å². The molecule has 2 aromatic heterocycles. The van der Waals surface area contributed by atoms with Crippen molar-refractivity contribution in [2.45, 2.75) is 0 Å². The van der Waals surface area contributed by atoms with Gasteiger partial charge in [-0.25, -0.2) is 0 Å². The number of hydrogen-bond acceptors (Lipinski definition) is 2. The summed E-state index contributed by atoms with van der Waals surface area (Å²) in [4.78, 5) is 0. The van der Waals surface area contributed by atoms with Crippen molar-refractivity contribution in [2.75, 3.05) is 0 Å². The van der Waals surface area contributed by atoms with Crippen LogP contribution in [0.4, 0.5) is 0 Å². The third-order valence-electron chi connectivity index (χ3n) is 4.96. The summed E-state index contributed by atoms with van der Waals surface area (Å²) >= 11 is 4.89. The van der Waals surface area contributed by atoms with Gasteiger partial charge in [0.15, 0.2) is 0 Å². The van der Waals surface area contributed by atoms with E-state index in [1.54, 1.807) is 8.92 Å². The summed E-state index contributed by atoms with van der Waals surface area (Å²) in [5.41, 5.74) is 0. The molecule has 28 heavy (non-hydrogen) atoms. The van der Waals surface area contributed by atoms with Crippen molar-refractivity contribution in [3.8, 4) is 0 Å². The van der Waals surface area contributed by atoms with Crippen LogP contribution in [-0.2, 0) is 0 Å². The van der Waals surface area contributed by atoms with Gasteiger partial charge < -0.3 is 0 Å². The van der Waals surface area contributed by atoms with Gasteiger partial charge in [-0.15, -0.1) is 0 Å². The predicted octanol–water partition coefficient (Wildman–Crippen LogP) is 5.70. The minimum absolute atomic E-state index is 0.484. The zero-order valence-corrected chi connectivity index (χ0v) is 19.8. The number of fused-ring (bicyclic) bond motifs is 6. The minimum atomic E-state index is 0.484. The van der Waals surface area contributed by atoms with Crippen molar-refractivity contribution in [3.05, 3.63) is 84.9 Å². The van der Waals surface area contributed by atoms with Gasteiger partial charge in [0.1, 0.15) is 0 Å². The normalized spacial score (nSPS) is 11.9. The second-order valence-electron chi connectivity index (χ2n) is 6.63. The molecule has 0 radical (unpaired) electrons. The number of rotatable bonds is 3. The van der Waals surface area contributed by atoms with E-state index in [0.717, 1.165) is 0 Å². The summed E-state index contributed by atoms with van der Waals surface area (Å²) in [5, 5.41) is 5.66. The van der Waals surface area contributed by atoms with Crippen molar-refractivity contribution in [1.29, 1.82) is 0 Å². The van der Waals surface area contributed by atoms with E-state index in [0.29, 0.717) is 26.3 Å². The van der Waals surface area contributed by atoms with Crippen LogP contribution in [0.5, 0.6) is 0 Å². The van der Waals surface area contributed by atoms with Crippen molar-refractivity contribution < 1.29 is 0 Å². The van der Waals surface area contributed by atoms with E-state index in [4.69, 9.17) is 0 Å². The average Bonchev–Trinajstić information content (AvgIpc) is 3.31. The molecule has 0 atom stereocenters. The molecule has 0 aliphatic rings. The Morgan fingerprint density at radius 3 is 1.36 bits per heavy atom. The van der Waals surface area contributed by atoms with E-state index in [-0.39, 0.29) is 0 Å². The Labute approximate surface area is 182 Å². The zero-order chi connectivity index (χ0) is 18.5. The van der Waals surface area contributed by atoms with Crippen LogP contribution in [0.1, 0.15) is 0 Å². The second-order valence-corrected chi connectivity index (χ2v) is 14.9. The van der Waals surface area contributed by atoms with Gasteiger partial charge in [-0.3, -0.25) is 0 Å². The molecule has 0 spiro atoms. The van der Waals surface area contributed by atoms with Crippen LogP contribution in [0.25, 0.3) is 40.3 Å². The standard InChI is InChI=1S/C24H14S2Se2/c1-3-11-19-15(7-1)17-9-5-13-21(23(17)25-19)27-28-22-14-6-10-18-16-8-2-4-12-20(16)26-24(18)22/h1-14H. The van der Waals surface area contributed by atoms with Crippen molar-refractivity contribution in [3.63, 3.8) is 0 Å². The molecule has 0 aliphatic heterocycles. The molecule has 4 aromatic carbocycles. The van der Waals surface area contributed by atoms with E-state index in [2.05, 4.69) is 84.9 Å². The zero-order valence-electron chi connectivity index (χ0n) is 14.7. The van der Waals surface area contributed by atoms with Crippen LogP contribution in [0.3, 0.4) is 0 Å². The first-order valence-electron chi connectivity index (χ1n) is 9.03. The van der Waals surface area contributed by atoms with E-state index >= 15 is 0 Å². The van der Waals surface area contributed by atoms with Gasteiger partial charge in [-0.1, -0.05) is 0 Å². The van der Waals surface area contributed by atoms with Gasteiger partial charge in [0, 0.05) is 0 Å². The first kappa shape index (κ1) is 17.2. The molecule has 6 rings (SSSR count). The monoisotopic (exact) mass is 526 g/mol. The molecule has 0 amide bonds. The maximum absolute atomic E-state index is 2.35. The first-order chi connectivity index (χ1) is 13.9. The van der Waals surface area contributed by atoms with Gasteiger partial charge in [0.25, 0.3) is 0 Å². The molecule has 0 nitrogen and oxygen atoms in total. The molecule has 0 unspecified atom stereocenters. The fraction of sp³-hybridized carbons (Fsp3) is 0. The Balaban J connectivity index is 1.43. The molecular formula is C24H14S2Se2. The van der Waals surface area contributed by atoms with Crippen LogP contribution < -0.4 is 8.92 Å². The SMILES string of the molecule is c1ccc2c(c1)sc1c([Se][Se]c3cccc4c3sc3ccccc34)cccc12. The Bertz CT molecular complexity index is 1360. The molecular weight excluding hydrogens is 510 g/mol. The van der Waals surface area contributed by atoms with E-state index in [1.165, 1.54) is 40.3 Å². The van der Waals surface area contributed by atoms with Crippen molar-refractivity contribution >= 4 is 98.2 Å². The molecule has 134 valence electrons. The van der Waals surface area contributed by atoms with Crippen molar-refractivity contribution in [2.24, 2.45) is 0 Å². The Morgan fingerprint density at radius 2 is 0.857 bits per heavy atom. The first-order valence-corrected chi connectivity index (χ1v) is 16.7. The van der Waals surface area contributed by atoms with E-state index in [1.807, 2.05) is 22.7 Å². The fourth-order valence-electron chi connectivity index (χ4n) is 3.66. The summed E-state index contributed by atoms with van der Waals surface area (Å²) in [6, 6.07) is 31.4. The van der Waals surface area contributed by atoms with Crippen molar-refractivity contribution in [1.82, 2.24) is 0 Å². The van der Waals surface area contributed by atoms with Crippen LogP contribution in [0.2, 0.25) is 0 Å². The summed E-state index contributed by atoms with van der Waals surface area (Å²) in [7, 11) is 0. The summed E-state index contributed by atoms with van der Waals surface area (Å²) in [6.07, 6.45) is 0. The maximum atomic E-state index is 2.35. The van der Waals surface area contributed by atoms with Gasteiger partial charge >= 0.3 is 183 Å². The molecule has 0 N–H and O–H groups in total. The fourth-order valence-corrected chi connectivity index (χ4v) is 14.8. The Morgan fingerprint density at radius 1 is 0.429 bits per heavy atom.